The lowest BCUT2D eigenvalue weighted by molar-refractivity contribution is 0.294. The maximum absolute atomic E-state index is 6.00. The first-order chi connectivity index (χ1) is 11.1. The smallest absolute Gasteiger partial charge is 0.122 e. The molecule has 0 aliphatic heterocycles. The van der Waals surface area contributed by atoms with Crippen molar-refractivity contribution in [3.8, 4) is 11.5 Å². The first kappa shape index (κ1) is 17.4. The highest BCUT2D eigenvalue weighted by Crippen LogP contribution is 2.30. The minimum Gasteiger partial charge on any atom is -0.496 e. The van der Waals surface area contributed by atoms with Gasteiger partial charge in [-0.1, -0.05) is 29.8 Å². The van der Waals surface area contributed by atoms with Crippen molar-refractivity contribution in [3.05, 3.63) is 58.7 Å². The van der Waals surface area contributed by atoms with Crippen LogP contribution in [0.25, 0.3) is 0 Å². The van der Waals surface area contributed by atoms with Gasteiger partial charge < -0.3 is 15.2 Å². The Bertz CT molecular complexity index is 652. The van der Waals surface area contributed by atoms with E-state index in [0.717, 1.165) is 17.9 Å². The number of methoxy groups -OCH3 is 1. The van der Waals surface area contributed by atoms with Crippen LogP contribution in [0.2, 0.25) is 0 Å². The first-order valence-electron chi connectivity index (χ1n) is 8.10. The van der Waals surface area contributed by atoms with E-state index in [0.29, 0.717) is 13.2 Å². The summed E-state index contributed by atoms with van der Waals surface area (Å²) in [4.78, 5) is 0. The number of benzene rings is 2. The summed E-state index contributed by atoms with van der Waals surface area (Å²) in [6.45, 7) is 7.50. The normalized spacial score (nSPS) is 12.0. The molecule has 0 spiro atoms. The molecule has 3 nitrogen and oxygen atoms in total. The van der Waals surface area contributed by atoms with Crippen molar-refractivity contribution in [3.63, 3.8) is 0 Å². The van der Waals surface area contributed by atoms with Gasteiger partial charge in [-0.05, 0) is 62.6 Å². The lowest BCUT2D eigenvalue weighted by atomic mass is 9.94. The van der Waals surface area contributed by atoms with Crippen LogP contribution in [-0.2, 0) is 0 Å². The number of nitrogens with two attached hydrogens (primary N) is 1. The summed E-state index contributed by atoms with van der Waals surface area (Å²) in [6, 6.07) is 12.4. The monoisotopic (exact) mass is 313 g/mol. The molecule has 124 valence electrons. The van der Waals surface area contributed by atoms with Crippen LogP contribution >= 0.6 is 0 Å². The van der Waals surface area contributed by atoms with Crippen molar-refractivity contribution >= 4 is 0 Å². The van der Waals surface area contributed by atoms with Crippen LogP contribution in [-0.4, -0.2) is 20.3 Å². The lowest BCUT2D eigenvalue weighted by Crippen LogP contribution is -2.16. The zero-order valence-corrected chi connectivity index (χ0v) is 14.6. The highest BCUT2D eigenvalue weighted by Gasteiger charge is 2.15. The molecule has 3 heteroatoms. The minimum absolute atomic E-state index is 0.231. The van der Waals surface area contributed by atoms with E-state index in [9.17, 15) is 0 Å². The van der Waals surface area contributed by atoms with Crippen LogP contribution in [0.15, 0.2) is 36.4 Å². The SMILES string of the molecule is COc1ccc(C)cc1C(CN)CCOc1cccc(C)c1C. The molecule has 2 aromatic rings. The Morgan fingerprint density at radius 3 is 2.52 bits per heavy atom. The predicted octanol–water partition coefficient (Wildman–Crippen LogP) is 4.13. The molecule has 2 aromatic carbocycles. The van der Waals surface area contributed by atoms with Gasteiger partial charge in [-0.25, -0.2) is 0 Å². The Morgan fingerprint density at radius 1 is 1.04 bits per heavy atom. The van der Waals surface area contributed by atoms with E-state index in [2.05, 4.69) is 39.0 Å². The summed E-state index contributed by atoms with van der Waals surface area (Å²) in [5.74, 6) is 2.09. The largest absolute Gasteiger partial charge is 0.496 e. The van der Waals surface area contributed by atoms with E-state index in [1.165, 1.54) is 22.3 Å². The van der Waals surface area contributed by atoms with E-state index < -0.39 is 0 Å². The Kier molecular flexibility index (Phi) is 6.05. The van der Waals surface area contributed by atoms with Gasteiger partial charge in [0, 0.05) is 5.92 Å². The van der Waals surface area contributed by atoms with Gasteiger partial charge in [0.25, 0.3) is 0 Å². The third-order valence-corrected chi connectivity index (χ3v) is 4.39. The maximum atomic E-state index is 6.00. The van der Waals surface area contributed by atoms with Crippen molar-refractivity contribution in [1.29, 1.82) is 0 Å². The molecule has 0 saturated heterocycles. The topological polar surface area (TPSA) is 44.5 Å². The van der Waals surface area contributed by atoms with Crippen molar-refractivity contribution in [2.75, 3.05) is 20.3 Å². The molecule has 2 N–H and O–H groups in total. The van der Waals surface area contributed by atoms with Crippen LogP contribution in [0.3, 0.4) is 0 Å². The molecule has 0 heterocycles. The number of hydrogen-bond acceptors (Lipinski definition) is 3. The third kappa shape index (κ3) is 4.26. The number of ether oxygens (including phenoxy) is 2. The standard InChI is InChI=1S/C20H27NO2/c1-14-8-9-20(22-4)18(12-14)17(13-21)10-11-23-19-7-5-6-15(2)16(19)3/h5-9,12,17H,10-11,13,21H2,1-4H3. The van der Waals surface area contributed by atoms with Crippen LogP contribution in [0.4, 0.5) is 0 Å². The van der Waals surface area contributed by atoms with Crippen LogP contribution in [0, 0.1) is 20.8 Å². The lowest BCUT2D eigenvalue weighted by Gasteiger charge is -2.19. The predicted molar refractivity (Wildman–Crippen MR) is 95.6 cm³/mol. The molecule has 0 bridgehead atoms. The highest BCUT2D eigenvalue weighted by molar-refractivity contribution is 5.40. The van der Waals surface area contributed by atoms with Crippen molar-refractivity contribution in [2.45, 2.75) is 33.1 Å². The zero-order valence-electron chi connectivity index (χ0n) is 14.6. The fourth-order valence-electron chi connectivity index (χ4n) is 2.76. The second-order valence-electron chi connectivity index (χ2n) is 6.01. The fraction of sp³-hybridized carbons (Fsp3) is 0.400. The van der Waals surface area contributed by atoms with E-state index in [-0.39, 0.29) is 5.92 Å². The Labute approximate surface area is 139 Å². The van der Waals surface area contributed by atoms with Crippen molar-refractivity contribution in [1.82, 2.24) is 0 Å². The average Bonchev–Trinajstić information content (AvgIpc) is 2.55. The minimum atomic E-state index is 0.231. The van der Waals surface area contributed by atoms with Gasteiger partial charge in [0.1, 0.15) is 11.5 Å². The van der Waals surface area contributed by atoms with E-state index in [4.69, 9.17) is 15.2 Å². The summed E-state index contributed by atoms with van der Waals surface area (Å²) in [7, 11) is 1.70. The second-order valence-corrected chi connectivity index (χ2v) is 6.01. The van der Waals surface area contributed by atoms with Gasteiger partial charge in [-0.2, -0.15) is 0 Å². The first-order valence-corrected chi connectivity index (χ1v) is 8.10. The average molecular weight is 313 g/mol. The Morgan fingerprint density at radius 2 is 1.83 bits per heavy atom. The van der Waals surface area contributed by atoms with Crippen LogP contribution in [0.5, 0.6) is 11.5 Å². The molecular weight excluding hydrogens is 286 g/mol. The van der Waals surface area contributed by atoms with Gasteiger partial charge in [0.15, 0.2) is 0 Å². The van der Waals surface area contributed by atoms with E-state index in [1.54, 1.807) is 7.11 Å². The molecule has 0 fully saturated rings. The molecular formula is C20H27NO2. The third-order valence-electron chi connectivity index (χ3n) is 4.39. The molecule has 0 amide bonds. The highest BCUT2D eigenvalue weighted by atomic mass is 16.5. The second kappa shape index (κ2) is 8.02. The Balaban J connectivity index is 2.06. The summed E-state index contributed by atoms with van der Waals surface area (Å²) in [5.41, 5.74) is 10.8. The van der Waals surface area contributed by atoms with Crippen molar-refractivity contribution in [2.24, 2.45) is 5.73 Å². The summed E-state index contributed by atoms with van der Waals surface area (Å²) in [6.07, 6.45) is 0.865. The van der Waals surface area contributed by atoms with Crippen LogP contribution in [0.1, 0.15) is 34.6 Å². The Hall–Kier alpha value is -2.00. The number of hydrogen-bond donors (Lipinski definition) is 1. The maximum Gasteiger partial charge on any atom is 0.122 e. The molecule has 0 aromatic heterocycles. The summed E-state index contributed by atoms with van der Waals surface area (Å²) >= 11 is 0. The molecule has 0 aliphatic carbocycles. The number of aryl methyl sites for hydroxylation is 2. The quantitative estimate of drug-likeness (QED) is 0.836. The fourth-order valence-corrected chi connectivity index (χ4v) is 2.76. The molecule has 2 rings (SSSR count). The van der Waals surface area contributed by atoms with Crippen LogP contribution < -0.4 is 15.2 Å². The molecule has 1 atom stereocenters. The van der Waals surface area contributed by atoms with Gasteiger partial charge in [0.2, 0.25) is 0 Å². The van der Waals surface area contributed by atoms with Gasteiger partial charge in [-0.3, -0.25) is 0 Å². The molecule has 0 radical (unpaired) electrons. The van der Waals surface area contributed by atoms with Gasteiger partial charge >= 0.3 is 0 Å². The number of rotatable bonds is 7. The molecule has 0 saturated carbocycles. The van der Waals surface area contributed by atoms with E-state index in [1.807, 2.05) is 18.2 Å². The summed E-state index contributed by atoms with van der Waals surface area (Å²) in [5, 5.41) is 0. The summed E-state index contributed by atoms with van der Waals surface area (Å²) < 4.78 is 11.5. The molecule has 23 heavy (non-hydrogen) atoms. The van der Waals surface area contributed by atoms with Gasteiger partial charge in [0.05, 0.1) is 13.7 Å². The zero-order chi connectivity index (χ0) is 16.8. The van der Waals surface area contributed by atoms with Crippen molar-refractivity contribution < 1.29 is 9.47 Å². The van der Waals surface area contributed by atoms with E-state index >= 15 is 0 Å². The molecule has 1 unspecified atom stereocenters. The van der Waals surface area contributed by atoms with Gasteiger partial charge in [-0.15, -0.1) is 0 Å². The molecule has 0 aliphatic rings.